The summed E-state index contributed by atoms with van der Waals surface area (Å²) < 4.78 is 25.9. The van der Waals surface area contributed by atoms with Gasteiger partial charge in [-0.1, -0.05) is 6.07 Å². The Morgan fingerprint density at radius 2 is 2.13 bits per heavy atom. The molecular weight excluding hydrogens is 346 g/mol. The van der Waals surface area contributed by atoms with E-state index in [4.69, 9.17) is 5.73 Å². The monoisotopic (exact) mass is 360 g/mol. The summed E-state index contributed by atoms with van der Waals surface area (Å²) in [4.78, 5) is 28.1. The summed E-state index contributed by atoms with van der Waals surface area (Å²) in [6.45, 7) is -1.64. The largest absolute Gasteiger partial charge is 0.350 e. The predicted octanol–water partition coefficient (Wildman–Crippen LogP) is 1.71. The Kier molecular flexibility index (Phi) is 5.74. The first kappa shape index (κ1) is 17.4. The lowest BCUT2D eigenvalue weighted by Crippen LogP contribution is -2.42. The maximum atomic E-state index is 12.9. The van der Waals surface area contributed by atoms with E-state index < -0.39 is 24.9 Å². The number of carbonyl (C=O) groups is 2. The fourth-order valence-electron chi connectivity index (χ4n) is 1.54. The highest BCUT2D eigenvalue weighted by Crippen LogP contribution is 2.18. The first-order valence-corrected chi connectivity index (χ1v) is 8.29. The van der Waals surface area contributed by atoms with Crippen molar-refractivity contribution in [1.29, 1.82) is 0 Å². The van der Waals surface area contributed by atoms with Gasteiger partial charge in [0.15, 0.2) is 5.13 Å². The molecular formula is C13H14F2N4O2S2. The Labute approximate surface area is 138 Å². The Morgan fingerprint density at radius 1 is 1.35 bits per heavy atom. The number of aromatic nitrogens is 1. The van der Waals surface area contributed by atoms with Crippen molar-refractivity contribution in [1.82, 2.24) is 10.3 Å². The molecule has 0 saturated heterocycles. The summed E-state index contributed by atoms with van der Waals surface area (Å²) in [5.41, 5.74) is 5.28. The van der Waals surface area contributed by atoms with Crippen molar-refractivity contribution in [3.8, 4) is 0 Å². The second-order valence-electron chi connectivity index (χ2n) is 4.59. The van der Waals surface area contributed by atoms with Crippen LogP contribution in [-0.2, 0) is 11.2 Å². The smallest absolute Gasteiger partial charge is 0.277 e. The highest BCUT2D eigenvalue weighted by atomic mass is 32.1. The molecule has 2 aromatic heterocycles. The number of anilines is 1. The van der Waals surface area contributed by atoms with Crippen LogP contribution in [0, 0.1) is 0 Å². The molecule has 0 aromatic carbocycles. The first-order valence-electron chi connectivity index (χ1n) is 6.53. The summed E-state index contributed by atoms with van der Waals surface area (Å²) in [5.74, 6) is -4.00. The van der Waals surface area contributed by atoms with Crippen molar-refractivity contribution >= 4 is 39.6 Å². The van der Waals surface area contributed by atoms with Gasteiger partial charge in [0.2, 0.25) is 5.91 Å². The number of carbonyl (C=O) groups excluding carboxylic acids is 2. The van der Waals surface area contributed by atoms with Gasteiger partial charge in [-0.05, 0) is 11.4 Å². The Morgan fingerprint density at radius 3 is 2.78 bits per heavy atom. The highest BCUT2D eigenvalue weighted by Gasteiger charge is 2.27. The van der Waals surface area contributed by atoms with Crippen LogP contribution in [0.2, 0.25) is 0 Å². The normalized spacial score (nSPS) is 11.3. The number of rotatable bonds is 7. The number of hydrogen-bond acceptors (Lipinski definition) is 6. The van der Waals surface area contributed by atoms with E-state index in [1.165, 1.54) is 11.3 Å². The molecule has 2 amide bonds. The third-order valence-corrected chi connectivity index (χ3v) is 4.38. The zero-order valence-electron chi connectivity index (χ0n) is 11.8. The third kappa shape index (κ3) is 5.34. The summed E-state index contributed by atoms with van der Waals surface area (Å²) in [7, 11) is 0. The molecule has 0 aliphatic carbocycles. The molecule has 0 radical (unpaired) electrons. The van der Waals surface area contributed by atoms with E-state index in [-0.39, 0.29) is 12.3 Å². The average Bonchev–Trinajstić information content (AvgIpc) is 3.17. The second kappa shape index (κ2) is 7.57. The highest BCUT2D eigenvalue weighted by molar-refractivity contribution is 7.14. The average molecular weight is 360 g/mol. The van der Waals surface area contributed by atoms with E-state index in [1.807, 2.05) is 0 Å². The van der Waals surface area contributed by atoms with Gasteiger partial charge in [0.25, 0.3) is 11.8 Å². The molecule has 0 atom stereocenters. The van der Waals surface area contributed by atoms with Gasteiger partial charge in [0.05, 0.1) is 30.1 Å². The lowest BCUT2D eigenvalue weighted by Gasteiger charge is -2.14. The van der Waals surface area contributed by atoms with Crippen LogP contribution in [0.1, 0.15) is 15.4 Å². The third-order valence-electron chi connectivity index (χ3n) is 2.70. The minimum Gasteiger partial charge on any atom is -0.350 e. The quantitative estimate of drug-likeness (QED) is 0.700. The van der Waals surface area contributed by atoms with Gasteiger partial charge in [-0.2, -0.15) is 0 Å². The summed E-state index contributed by atoms with van der Waals surface area (Å²) >= 11 is 2.46. The molecule has 6 nitrogen and oxygen atoms in total. The standard InChI is InChI=1S/C13H14F2N4O2S2/c14-13(15,6-16)7-17-10(20)4-8-5-23-12(18-8)19-11(21)9-2-1-3-22-9/h1-3,5H,4,6-7,16H2,(H,17,20)(H,18,19,21). The SMILES string of the molecule is NCC(F)(F)CNC(=O)Cc1csc(NC(=O)c2cccs2)n1. The number of thiophene rings is 1. The molecule has 0 spiro atoms. The van der Waals surface area contributed by atoms with Crippen molar-refractivity contribution in [2.24, 2.45) is 5.73 Å². The zero-order chi connectivity index (χ0) is 16.9. The number of hydrogen-bond donors (Lipinski definition) is 3. The number of alkyl halides is 2. The van der Waals surface area contributed by atoms with Crippen molar-refractivity contribution in [3.63, 3.8) is 0 Å². The van der Waals surface area contributed by atoms with E-state index in [2.05, 4.69) is 15.6 Å². The van der Waals surface area contributed by atoms with Gasteiger partial charge in [0, 0.05) is 5.38 Å². The van der Waals surface area contributed by atoms with Crippen LogP contribution >= 0.6 is 22.7 Å². The molecule has 2 aromatic rings. The molecule has 10 heteroatoms. The molecule has 4 N–H and O–H groups in total. The number of halogens is 2. The van der Waals surface area contributed by atoms with Gasteiger partial charge >= 0.3 is 0 Å². The molecule has 0 bridgehead atoms. The fourth-order valence-corrected chi connectivity index (χ4v) is 2.86. The van der Waals surface area contributed by atoms with E-state index >= 15 is 0 Å². The van der Waals surface area contributed by atoms with Crippen molar-refractivity contribution in [2.75, 3.05) is 18.4 Å². The zero-order valence-corrected chi connectivity index (χ0v) is 13.5. The number of amides is 2. The van der Waals surface area contributed by atoms with Gasteiger partial charge < -0.3 is 11.1 Å². The maximum absolute atomic E-state index is 12.9. The van der Waals surface area contributed by atoms with Crippen LogP contribution in [0.5, 0.6) is 0 Å². The number of nitrogens with two attached hydrogens (primary N) is 1. The molecule has 0 aliphatic rings. The molecule has 0 saturated carbocycles. The number of nitrogens with one attached hydrogen (secondary N) is 2. The van der Waals surface area contributed by atoms with Gasteiger partial charge in [-0.3, -0.25) is 14.9 Å². The minimum atomic E-state index is -3.13. The Balaban J connectivity index is 1.85. The second-order valence-corrected chi connectivity index (χ2v) is 6.39. The van der Waals surface area contributed by atoms with Crippen molar-refractivity contribution < 1.29 is 18.4 Å². The summed E-state index contributed by atoms with van der Waals surface area (Å²) in [5, 5.41) is 8.43. The minimum absolute atomic E-state index is 0.147. The van der Waals surface area contributed by atoms with E-state index in [9.17, 15) is 18.4 Å². The molecule has 0 aliphatic heterocycles. The fraction of sp³-hybridized carbons (Fsp3) is 0.308. The van der Waals surface area contributed by atoms with Gasteiger partial charge in [0.1, 0.15) is 0 Å². The number of thiazole rings is 1. The van der Waals surface area contributed by atoms with Crippen molar-refractivity contribution in [3.05, 3.63) is 33.5 Å². The molecule has 23 heavy (non-hydrogen) atoms. The predicted molar refractivity (Wildman–Crippen MR) is 85.1 cm³/mol. The van der Waals surface area contributed by atoms with Crippen molar-refractivity contribution in [2.45, 2.75) is 12.3 Å². The van der Waals surface area contributed by atoms with E-state index in [0.717, 1.165) is 11.3 Å². The Bertz CT molecular complexity index is 673. The summed E-state index contributed by atoms with van der Waals surface area (Å²) in [6.07, 6.45) is -0.147. The number of nitrogens with zero attached hydrogens (tertiary/aromatic N) is 1. The summed E-state index contributed by atoms with van der Waals surface area (Å²) in [6, 6.07) is 3.44. The molecule has 124 valence electrons. The topological polar surface area (TPSA) is 97.1 Å². The van der Waals surface area contributed by atoms with E-state index in [1.54, 1.807) is 22.9 Å². The Hall–Kier alpha value is -1.91. The molecule has 2 heterocycles. The van der Waals surface area contributed by atoms with Gasteiger partial charge in [-0.15, -0.1) is 22.7 Å². The van der Waals surface area contributed by atoms with Crippen LogP contribution in [0.15, 0.2) is 22.9 Å². The first-order chi connectivity index (χ1) is 10.9. The molecule has 0 fully saturated rings. The van der Waals surface area contributed by atoms with Gasteiger partial charge in [-0.25, -0.2) is 13.8 Å². The maximum Gasteiger partial charge on any atom is 0.277 e. The van der Waals surface area contributed by atoms with Crippen LogP contribution in [0.4, 0.5) is 13.9 Å². The van der Waals surface area contributed by atoms with E-state index in [0.29, 0.717) is 15.7 Å². The molecule has 2 rings (SSSR count). The van der Waals surface area contributed by atoms with Crippen LogP contribution < -0.4 is 16.4 Å². The van der Waals surface area contributed by atoms with Crippen LogP contribution in [0.25, 0.3) is 0 Å². The lowest BCUT2D eigenvalue weighted by molar-refractivity contribution is -0.122. The lowest BCUT2D eigenvalue weighted by atomic mass is 10.3. The molecule has 0 unspecified atom stereocenters. The van der Waals surface area contributed by atoms with Crippen LogP contribution in [0.3, 0.4) is 0 Å². The van der Waals surface area contributed by atoms with Crippen LogP contribution in [-0.4, -0.2) is 35.8 Å².